The molecule has 0 spiro atoms. The Hall–Kier alpha value is -1.84. The summed E-state index contributed by atoms with van der Waals surface area (Å²) in [6.45, 7) is 3.76. The van der Waals surface area contributed by atoms with E-state index < -0.39 is 17.9 Å². The molecule has 0 radical (unpaired) electrons. The van der Waals surface area contributed by atoms with E-state index in [4.69, 9.17) is 0 Å². The Morgan fingerprint density at radius 2 is 2.04 bits per heavy atom. The van der Waals surface area contributed by atoms with Crippen molar-refractivity contribution in [2.24, 2.45) is 7.05 Å². The molecule has 1 aliphatic carbocycles. The number of hydrogen-bond donors (Lipinski definition) is 0. The second-order valence-electron chi connectivity index (χ2n) is 7.05. The molecule has 0 unspecified atom stereocenters. The number of nitrogens with zero attached hydrogens (tertiary/aromatic N) is 5. The van der Waals surface area contributed by atoms with E-state index in [0.717, 1.165) is 24.1 Å². The third-order valence-corrected chi connectivity index (χ3v) is 5.52. The van der Waals surface area contributed by atoms with Gasteiger partial charge in [0.25, 0.3) is 0 Å². The second-order valence-corrected chi connectivity index (χ2v) is 7.84. The lowest BCUT2D eigenvalue weighted by Crippen LogP contribution is -2.34. The maximum absolute atomic E-state index is 13.3. The van der Waals surface area contributed by atoms with E-state index >= 15 is 0 Å². The topological polar surface area (TPSA) is 56.0 Å². The van der Waals surface area contributed by atoms with Crippen molar-refractivity contribution in [1.29, 1.82) is 0 Å². The molecule has 0 saturated heterocycles. The van der Waals surface area contributed by atoms with Crippen LogP contribution in [0.4, 0.5) is 13.2 Å². The Morgan fingerprint density at radius 3 is 2.52 bits per heavy atom. The van der Waals surface area contributed by atoms with E-state index in [9.17, 15) is 18.0 Å². The van der Waals surface area contributed by atoms with Gasteiger partial charge in [-0.25, -0.2) is 0 Å². The summed E-state index contributed by atoms with van der Waals surface area (Å²) in [6.07, 6.45) is -1.15. The van der Waals surface area contributed by atoms with Crippen LogP contribution < -0.4 is 0 Å². The van der Waals surface area contributed by atoms with Crippen LogP contribution in [0.1, 0.15) is 54.4 Å². The molecular weight excluding hydrogens is 427 g/mol. The van der Waals surface area contributed by atoms with Crippen LogP contribution >= 0.6 is 15.9 Å². The molecule has 6 nitrogen and oxygen atoms in total. The van der Waals surface area contributed by atoms with Gasteiger partial charge in [-0.05, 0) is 42.6 Å². The van der Waals surface area contributed by atoms with Crippen molar-refractivity contribution in [1.82, 2.24) is 24.5 Å². The van der Waals surface area contributed by atoms with E-state index in [0.29, 0.717) is 12.2 Å². The Bertz CT molecular complexity index is 869. The summed E-state index contributed by atoms with van der Waals surface area (Å²) in [7, 11) is 3.42. The first kappa shape index (κ1) is 19.9. The highest BCUT2D eigenvalue weighted by Gasteiger charge is 2.43. The van der Waals surface area contributed by atoms with Gasteiger partial charge in [0.1, 0.15) is 6.04 Å². The van der Waals surface area contributed by atoms with Crippen LogP contribution in [0.5, 0.6) is 0 Å². The molecule has 3 rings (SSSR count). The molecule has 2 aromatic rings. The average molecular weight is 448 g/mol. The zero-order chi connectivity index (χ0) is 20.1. The minimum absolute atomic E-state index is 0.00380. The summed E-state index contributed by atoms with van der Waals surface area (Å²) in [5.74, 6) is -0.298. The first-order valence-electron chi connectivity index (χ1n) is 8.59. The standard InChI is InChI=1S/C17H21BrF3N5O/c1-9-12(8-25(4)22-9)7-24(3)16(27)10(2)26-14(11-5-6-11)13(18)15(23-26)17(19,20)21/h8,10-11H,5-7H2,1-4H3/t10-/m0/s1. The van der Waals surface area contributed by atoms with Crippen molar-refractivity contribution in [3.05, 3.63) is 33.3 Å². The fourth-order valence-electron chi connectivity index (χ4n) is 3.19. The quantitative estimate of drug-likeness (QED) is 0.700. The molecule has 0 aromatic carbocycles. The molecule has 2 aromatic heterocycles. The maximum atomic E-state index is 13.3. The molecule has 148 valence electrons. The highest BCUT2D eigenvalue weighted by atomic mass is 79.9. The monoisotopic (exact) mass is 447 g/mol. The van der Waals surface area contributed by atoms with Crippen molar-refractivity contribution < 1.29 is 18.0 Å². The molecule has 1 saturated carbocycles. The predicted molar refractivity (Wildman–Crippen MR) is 96.0 cm³/mol. The minimum atomic E-state index is -4.57. The average Bonchev–Trinajstić information content (AvgIpc) is 3.26. The van der Waals surface area contributed by atoms with E-state index in [1.165, 1.54) is 9.58 Å². The normalized spacial score (nSPS) is 15.9. The minimum Gasteiger partial charge on any atom is -0.339 e. The van der Waals surface area contributed by atoms with E-state index in [-0.39, 0.29) is 16.3 Å². The zero-order valence-corrected chi connectivity index (χ0v) is 17.1. The fraction of sp³-hybridized carbons (Fsp3) is 0.588. The molecule has 0 bridgehead atoms. The van der Waals surface area contributed by atoms with Crippen LogP contribution in [0, 0.1) is 6.92 Å². The number of aryl methyl sites for hydroxylation is 2. The number of hydrogen-bond acceptors (Lipinski definition) is 3. The second kappa shape index (κ2) is 6.96. The lowest BCUT2D eigenvalue weighted by atomic mass is 10.2. The Balaban J connectivity index is 1.87. The molecule has 0 aliphatic heterocycles. The molecule has 1 aliphatic rings. The van der Waals surface area contributed by atoms with Crippen LogP contribution in [0.2, 0.25) is 0 Å². The van der Waals surface area contributed by atoms with Gasteiger partial charge >= 0.3 is 6.18 Å². The van der Waals surface area contributed by atoms with Gasteiger partial charge in [0.05, 0.1) is 15.9 Å². The van der Waals surface area contributed by atoms with Crippen molar-refractivity contribution in [3.63, 3.8) is 0 Å². The molecule has 1 atom stereocenters. The number of alkyl halides is 3. The van der Waals surface area contributed by atoms with Crippen molar-refractivity contribution in [2.45, 2.75) is 51.4 Å². The molecule has 2 heterocycles. The van der Waals surface area contributed by atoms with Gasteiger partial charge in [-0.1, -0.05) is 0 Å². The summed E-state index contributed by atoms with van der Waals surface area (Å²) in [4.78, 5) is 14.4. The van der Waals surface area contributed by atoms with Gasteiger partial charge in [-0.3, -0.25) is 14.2 Å². The number of rotatable bonds is 5. The molecule has 0 N–H and O–H groups in total. The number of carbonyl (C=O) groups is 1. The lowest BCUT2D eigenvalue weighted by molar-refractivity contribution is -0.143. The summed E-state index contributed by atoms with van der Waals surface area (Å²) < 4.78 is 42.7. The first-order chi connectivity index (χ1) is 12.5. The van der Waals surface area contributed by atoms with Gasteiger partial charge in [0.15, 0.2) is 5.69 Å². The number of carbonyl (C=O) groups excluding carboxylic acids is 1. The number of halogens is 4. The van der Waals surface area contributed by atoms with Crippen molar-refractivity contribution in [3.8, 4) is 0 Å². The van der Waals surface area contributed by atoms with Gasteiger partial charge in [-0.15, -0.1) is 0 Å². The third kappa shape index (κ3) is 3.90. The van der Waals surface area contributed by atoms with Crippen LogP contribution in [0.15, 0.2) is 10.7 Å². The summed E-state index contributed by atoms with van der Waals surface area (Å²) in [5, 5.41) is 8.00. The van der Waals surface area contributed by atoms with Crippen LogP contribution in [0.25, 0.3) is 0 Å². The van der Waals surface area contributed by atoms with E-state index in [1.54, 1.807) is 25.7 Å². The summed E-state index contributed by atoms with van der Waals surface area (Å²) in [5.41, 5.74) is 1.18. The Kier molecular flexibility index (Phi) is 5.13. The van der Waals surface area contributed by atoms with Crippen LogP contribution in [0.3, 0.4) is 0 Å². The maximum Gasteiger partial charge on any atom is 0.436 e. The molecule has 1 amide bonds. The summed E-state index contributed by atoms with van der Waals surface area (Å²) in [6, 6.07) is -0.838. The molecule has 27 heavy (non-hydrogen) atoms. The van der Waals surface area contributed by atoms with E-state index in [1.807, 2.05) is 13.1 Å². The third-order valence-electron chi connectivity index (χ3n) is 4.74. The van der Waals surface area contributed by atoms with Crippen LogP contribution in [-0.2, 0) is 24.6 Å². The van der Waals surface area contributed by atoms with Crippen molar-refractivity contribution >= 4 is 21.8 Å². The van der Waals surface area contributed by atoms with Gasteiger partial charge < -0.3 is 4.90 Å². The SMILES string of the molecule is Cc1nn(C)cc1CN(C)C(=O)[C@H](C)n1nc(C(F)(F)F)c(Br)c1C1CC1. The van der Waals surface area contributed by atoms with Crippen LogP contribution in [-0.4, -0.2) is 37.4 Å². The van der Waals surface area contributed by atoms with Crippen molar-refractivity contribution in [2.75, 3.05) is 7.05 Å². The lowest BCUT2D eigenvalue weighted by Gasteiger charge is -2.23. The number of aromatic nitrogens is 4. The first-order valence-corrected chi connectivity index (χ1v) is 9.39. The fourth-order valence-corrected chi connectivity index (χ4v) is 4.00. The molecule has 1 fully saturated rings. The van der Waals surface area contributed by atoms with Gasteiger partial charge in [0.2, 0.25) is 5.91 Å². The number of likely N-dealkylation sites (N-methyl/N-ethyl adjacent to an activating group) is 1. The zero-order valence-electron chi connectivity index (χ0n) is 15.5. The van der Waals surface area contributed by atoms with E-state index in [2.05, 4.69) is 26.1 Å². The Morgan fingerprint density at radius 1 is 1.41 bits per heavy atom. The molecular formula is C17H21BrF3N5O. The Labute approximate surface area is 163 Å². The van der Waals surface area contributed by atoms with Gasteiger partial charge in [-0.2, -0.15) is 23.4 Å². The summed E-state index contributed by atoms with van der Waals surface area (Å²) >= 11 is 3.06. The highest BCUT2D eigenvalue weighted by Crippen LogP contribution is 2.47. The number of amides is 1. The largest absolute Gasteiger partial charge is 0.436 e. The van der Waals surface area contributed by atoms with Gasteiger partial charge in [0, 0.05) is 38.3 Å². The molecule has 10 heteroatoms. The smallest absolute Gasteiger partial charge is 0.339 e. The highest BCUT2D eigenvalue weighted by molar-refractivity contribution is 9.10. The predicted octanol–water partition coefficient (Wildman–Crippen LogP) is 3.80.